The van der Waals surface area contributed by atoms with Gasteiger partial charge in [0, 0.05) is 17.1 Å². The summed E-state index contributed by atoms with van der Waals surface area (Å²) in [6.45, 7) is 3.91. The lowest BCUT2D eigenvalue weighted by molar-refractivity contribution is 0.0166. The number of rotatable bonds is 4. The molecular weight excluding hydrogens is 306 g/mol. The molecule has 19 heavy (non-hydrogen) atoms. The minimum absolute atomic E-state index is 0.175. The van der Waals surface area contributed by atoms with E-state index in [2.05, 4.69) is 27.8 Å². The fourth-order valence-corrected chi connectivity index (χ4v) is 3.13. The van der Waals surface area contributed by atoms with Crippen LogP contribution in [0.2, 0.25) is 0 Å². The van der Waals surface area contributed by atoms with Crippen LogP contribution in [0.1, 0.15) is 31.4 Å². The molecule has 1 aromatic carbocycles. The lowest BCUT2D eigenvalue weighted by Gasteiger charge is -2.40. The molecule has 0 radical (unpaired) electrons. The maximum Gasteiger partial charge on any atom is 0.0917 e. The molecule has 0 aromatic heterocycles. The molecule has 0 unspecified atom stereocenters. The third-order valence-electron chi connectivity index (χ3n) is 4.08. The summed E-state index contributed by atoms with van der Waals surface area (Å²) in [5, 5.41) is 19.8. The van der Waals surface area contributed by atoms with Crippen LogP contribution in [-0.4, -0.2) is 40.9 Å². The van der Waals surface area contributed by atoms with Crippen LogP contribution in [0, 0.1) is 5.92 Å². The maximum absolute atomic E-state index is 10.3. The van der Waals surface area contributed by atoms with Gasteiger partial charge in [0.15, 0.2) is 0 Å². The Balaban J connectivity index is 2.00. The van der Waals surface area contributed by atoms with Crippen LogP contribution in [0.15, 0.2) is 28.7 Å². The van der Waals surface area contributed by atoms with E-state index in [1.807, 2.05) is 24.3 Å². The highest BCUT2D eigenvalue weighted by molar-refractivity contribution is 9.10. The molecule has 0 amide bonds. The van der Waals surface area contributed by atoms with E-state index in [1.54, 1.807) is 0 Å². The van der Waals surface area contributed by atoms with Crippen molar-refractivity contribution in [1.82, 2.24) is 4.90 Å². The summed E-state index contributed by atoms with van der Waals surface area (Å²) in [5.74, 6) is 0.496. The molecule has 0 bridgehead atoms. The molecule has 2 N–H and O–H groups in total. The van der Waals surface area contributed by atoms with Gasteiger partial charge in [0.05, 0.1) is 12.7 Å². The van der Waals surface area contributed by atoms with Crippen LogP contribution >= 0.6 is 15.9 Å². The Kier molecular flexibility index (Phi) is 5.39. The van der Waals surface area contributed by atoms with Gasteiger partial charge in [0.2, 0.25) is 0 Å². The smallest absolute Gasteiger partial charge is 0.0917 e. The summed E-state index contributed by atoms with van der Waals surface area (Å²) in [6.07, 6.45) is 1.81. The fourth-order valence-electron chi connectivity index (χ4n) is 2.87. The van der Waals surface area contributed by atoms with Crippen LogP contribution in [0.4, 0.5) is 0 Å². The van der Waals surface area contributed by atoms with E-state index in [-0.39, 0.29) is 12.6 Å². The number of likely N-dealkylation sites (tertiary alicyclic amines) is 1. The summed E-state index contributed by atoms with van der Waals surface area (Å²) in [4.78, 5) is 2.22. The second-order valence-corrected chi connectivity index (χ2v) is 6.35. The topological polar surface area (TPSA) is 43.7 Å². The zero-order valence-electron chi connectivity index (χ0n) is 11.3. The molecule has 0 aliphatic carbocycles. The van der Waals surface area contributed by atoms with Crippen LogP contribution in [-0.2, 0) is 0 Å². The molecule has 106 valence electrons. The molecule has 3 nitrogen and oxygen atoms in total. The molecule has 2 rings (SSSR count). The van der Waals surface area contributed by atoms with Crippen LogP contribution in [0.3, 0.4) is 0 Å². The largest absolute Gasteiger partial charge is 0.395 e. The van der Waals surface area contributed by atoms with Crippen molar-refractivity contribution in [2.75, 3.05) is 19.7 Å². The summed E-state index contributed by atoms with van der Waals surface area (Å²) < 4.78 is 1.02. The molecule has 1 aromatic rings. The summed E-state index contributed by atoms with van der Waals surface area (Å²) in [6, 6.07) is 7.95. The average Bonchev–Trinajstić information content (AvgIpc) is 2.39. The number of piperidine rings is 1. The van der Waals surface area contributed by atoms with Gasteiger partial charge in [0.25, 0.3) is 0 Å². The Labute approximate surface area is 123 Å². The highest BCUT2D eigenvalue weighted by atomic mass is 79.9. The van der Waals surface area contributed by atoms with Gasteiger partial charge < -0.3 is 10.2 Å². The van der Waals surface area contributed by atoms with Crippen molar-refractivity contribution in [2.24, 2.45) is 5.92 Å². The van der Waals surface area contributed by atoms with Gasteiger partial charge in [-0.05, 0) is 43.0 Å². The minimum atomic E-state index is -0.493. The van der Waals surface area contributed by atoms with Gasteiger partial charge in [-0.1, -0.05) is 35.0 Å². The molecule has 1 aliphatic rings. The minimum Gasteiger partial charge on any atom is -0.395 e. The summed E-state index contributed by atoms with van der Waals surface area (Å²) in [7, 11) is 0. The Hall–Kier alpha value is -0.420. The zero-order valence-corrected chi connectivity index (χ0v) is 12.9. The van der Waals surface area contributed by atoms with Crippen LogP contribution in [0.5, 0.6) is 0 Å². The van der Waals surface area contributed by atoms with E-state index in [1.165, 1.54) is 0 Å². The van der Waals surface area contributed by atoms with E-state index in [0.29, 0.717) is 12.5 Å². The Morgan fingerprint density at radius 2 is 2.05 bits per heavy atom. The maximum atomic E-state index is 10.3. The summed E-state index contributed by atoms with van der Waals surface area (Å²) in [5.41, 5.74) is 0.929. The fraction of sp³-hybridized carbons (Fsp3) is 0.600. The third kappa shape index (κ3) is 3.78. The van der Waals surface area contributed by atoms with Gasteiger partial charge in [-0.15, -0.1) is 0 Å². The predicted molar refractivity (Wildman–Crippen MR) is 79.9 cm³/mol. The number of benzene rings is 1. The van der Waals surface area contributed by atoms with Gasteiger partial charge in [-0.3, -0.25) is 4.90 Å². The monoisotopic (exact) mass is 327 g/mol. The van der Waals surface area contributed by atoms with E-state index >= 15 is 0 Å². The van der Waals surface area contributed by atoms with Crippen molar-refractivity contribution >= 4 is 15.9 Å². The van der Waals surface area contributed by atoms with Gasteiger partial charge in [-0.25, -0.2) is 0 Å². The zero-order chi connectivity index (χ0) is 13.8. The van der Waals surface area contributed by atoms with Crippen molar-refractivity contribution in [3.05, 3.63) is 34.3 Å². The average molecular weight is 328 g/mol. The molecular formula is C15H22BrNO2. The number of hydrogen-bond donors (Lipinski definition) is 2. The quantitative estimate of drug-likeness (QED) is 0.893. The van der Waals surface area contributed by atoms with E-state index in [4.69, 9.17) is 0 Å². The molecule has 0 spiro atoms. The van der Waals surface area contributed by atoms with E-state index < -0.39 is 6.10 Å². The molecule has 1 aliphatic heterocycles. The highest BCUT2D eigenvalue weighted by Gasteiger charge is 2.29. The Morgan fingerprint density at radius 1 is 1.37 bits per heavy atom. The second kappa shape index (κ2) is 6.84. The number of β-amino-alcohol motifs (C(OH)–C–C–N with tert-alkyl or cyclic N) is 1. The van der Waals surface area contributed by atoms with Gasteiger partial charge in [-0.2, -0.15) is 0 Å². The molecule has 0 saturated carbocycles. The lowest BCUT2D eigenvalue weighted by atomic mass is 9.90. The normalized spacial score (nSPS) is 26.3. The highest BCUT2D eigenvalue weighted by Crippen LogP contribution is 2.26. The molecule has 1 fully saturated rings. The number of aliphatic hydroxyl groups excluding tert-OH is 2. The number of halogens is 1. The van der Waals surface area contributed by atoms with E-state index in [9.17, 15) is 10.2 Å². The molecule has 4 heteroatoms. The first kappa shape index (κ1) is 15.0. The number of aliphatic hydroxyl groups is 2. The Morgan fingerprint density at radius 3 is 2.68 bits per heavy atom. The first-order valence-corrected chi connectivity index (χ1v) is 7.69. The number of nitrogens with zero attached hydrogens (tertiary/aromatic N) is 1. The van der Waals surface area contributed by atoms with Crippen molar-refractivity contribution in [3.63, 3.8) is 0 Å². The second-order valence-electron chi connectivity index (χ2n) is 5.43. The summed E-state index contributed by atoms with van der Waals surface area (Å²) >= 11 is 3.40. The molecule has 1 saturated heterocycles. The molecule has 3 atom stereocenters. The first-order chi connectivity index (χ1) is 9.11. The van der Waals surface area contributed by atoms with Gasteiger partial charge >= 0.3 is 0 Å². The Bertz CT molecular complexity index is 396. The van der Waals surface area contributed by atoms with E-state index in [0.717, 1.165) is 29.4 Å². The molecule has 1 heterocycles. The number of hydrogen-bond acceptors (Lipinski definition) is 3. The van der Waals surface area contributed by atoms with Crippen molar-refractivity contribution in [1.29, 1.82) is 0 Å². The van der Waals surface area contributed by atoms with Crippen molar-refractivity contribution < 1.29 is 10.2 Å². The SMILES string of the molecule is C[C@@H]1CCCN(C[C@H](O)c2ccc(Br)cc2)[C@@H]1CO. The first-order valence-electron chi connectivity index (χ1n) is 6.90. The van der Waals surface area contributed by atoms with Crippen molar-refractivity contribution in [3.8, 4) is 0 Å². The van der Waals surface area contributed by atoms with Crippen LogP contribution < -0.4 is 0 Å². The van der Waals surface area contributed by atoms with Crippen LogP contribution in [0.25, 0.3) is 0 Å². The van der Waals surface area contributed by atoms with Crippen molar-refractivity contribution in [2.45, 2.75) is 31.9 Å². The standard InChI is InChI=1S/C15H22BrNO2/c1-11-3-2-8-17(14(11)10-18)9-15(19)12-4-6-13(16)7-5-12/h4-7,11,14-15,18-19H,2-3,8-10H2,1H3/t11-,14-,15+/m1/s1. The van der Waals surface area contributed by atoms with Gasteiger partial charge in [0.1, 0.15) is 0 Å². The third-order valence-corrected chi connectivity index (χ3v) is 4.61. The lowest BCUT2D eigenvalue weighted by Crippen LogP contribution is -2.48. The predicted octanol–water partition coefficient (Wildman–Crippen LogP) is 2.58.